The number of carbonyl (C=O) groups excluding carboxylic acids is 2. The van der Waals surface area contributed by atoms with Crippen molar-refractivity contribution in [1.29, 1.82) is 0 Å². The highest BCUT2D eigenvalue weighted by Crippen LogP contribution is 2.24. The van der Waals surface area contributed by atoms with Crippen LogP contribution in [-0.4, -0.2) is 25.2 Å². The van der Waals surface area contributed by atoms with E-state index < -0.39 is 11.9 Å². The number of carbonyl (C=O) groups is 2. The van der Waals surface area contributed by atoms with Crippen LogP contribution < -0.4 is 0 Å². The smallest absolute Gasteiger partial charge is 0.334 e. The Morgan fingerprint density at radius 3 is 1.95 bits per heavy atom. The van der Waals surface area contributed by atoms with Crippen LogP contribution >= 0.6 is 0 Å². The van der Waals surface area contributed by atoms with Gasteiger partial charge in [-0.15, -0.1) is 0 Å². The van der Waals surface area contributed by atoms with E-state index in [0.29, 0.717) is 18.8 Å². The maximum absolute atomic E-state index is 12.2. The van der Waals surface area contributed by atoms with Crippen molar-refractivity contribution in [3.05, 3.63) is 11.6 Å². The number of ether oxygens (including phenoxy) is 2. The molecule has 0 fully saturated rings. The van der Waals surface area contributed by atoms with Crippen molar-refractivity contribution in [3.63, 3.8) is 0 Å². The van der Waals surface area contributed by atoms with E-state index in [1.165, 1.54) is 0 Å². The van der Waals surface area contributed by atoms with Crippen molar-refractivity contribution in [1.82, 2.24) is 0 Å². The zero-order valence-corrected chi connectivity index (χ0v) is 14.1. The van der Waals surface area contributed by atoms with Crippen molar-refractivity contribution < 1.29 is 19.1 Å². The second-order valence-electron chi connectivity index (χ2n) is 5.48. The van der Waals surface area contributed by atoms with Crippen LogP contribution in [0.3, 0.4) is 0 Å². The van der Waals surface area contributed by atoms with Gasteiger partial charge in [-0.2, -0.15) is 0 Å². The van der Waals surface area contributed by atoms with Gasteiger partial charge in [-0.1, -0.05) is 46.6 Å². The normalized spacial score (nSPS) is 13.1. The molecular weight excluding hydrogens is 268 g/mol. The average molecular weight is 298 g/mol. The highest BCUT2D eigenvalue weighted by Gasteiger charge is 2.32. The molecule has 1 unspecified atom stereocenters. The minimum absolute atomic E-state index is 0.0101. The van der Waals surface area contributed by atoms with E-state index in [-0.39, 0.29) is 11.9 Å². The van der Waals surface area contributed by atoms with Crippen LogP contribution in [0.5, 0.6) is 0 Å². The molecule has 0 saturated carbocycles. The zero-order valence-electron chi connectivity index (χ0n) is 14.1. The molecule has 21 heavy (non-hydrogen) atoms. The van der Waals surface area contributed by atoms with Gasteiger partial charge in [-0.3, -0.25) is 4.79 Å². The first kappa shape index (κ1) is 19.7. The number of esters is 2. The maximum Gasteiger partial charge on any atom is 0.334 e. The van der Waals surface area contributed by atoms with E-state index in [2.05, 4.69) is 0 Å². The highest BCUT2D eigenvalue weighted by atomic mass is 16.5. The quantitative estimate of drug-likeness (QED) is 0.349. The van der Waals surface area contributed by atoms with Crippen LogP contribution in [0.1, 0.15) is 60.3 Å². The van der Waals surface area contributed by atoms with E-state index in [4.69, 9.17) is 9.47 Å². The number of rotatable bonds is 10. The number of allylic oxidation sites excluding steroid dienone is 1. The zero-order chi connectivity index (χ0) is 16.3. The second kappa shape index (κ2) is 11.4. The van der Waals surface area contributed by atoms with Gasteiger partial charge < -0.3 is 9.47 Å². The second-order valence-corrected chi connectivity index (χ2v) is 5.48. The molecule has 0 spiro atoms. The van der Waals surface area contributed by atoms with Crippen molar-refractivity contribution in [2.45, 2.75) is 60.3 Å². The molecule has 0 aromatic heterocycles. The minimum Gasteiger partial charge on any atom is -0.465 e. The molecule has 1 atom stereocenters. The molecule has 0 bridgehead atoms. The predicted octanol–water partition coefficient (Wildman–Crippen LogP) is 3.89. The fourth-order valence-electron chi connectivity index (χ4n) is 1.98. The van der Waals surface area contributed by atoms with Crippen LogP contribution in [0, 0.1) is 11.8 Å². The lowest BCUT2D eigenvalue weighted by molar-refractivity contribution is -0.152. The summed E-state index contributed by atoms with van der Waals surface area (Å²) in [6.07, 6.45) is 5.26. The van der Waals surface area contributed by atoms with E-state index in [1.807, 2.05) is 27.7 Å². The number of unbranched alkanes of at least 4 members (excludes halogenated alkanes) is 2. The van der Waals surface area contributed by atoms with Crippen molar-refractivity contribution >= 4 is 11.9 Å². The summed E-state index contributed by atoms with van der Waals surface area (Å²) in [6, 6.07) is 0. The molecule has 0 amide bonds. The molecule has 0 aromatic rings. The van der Waals surface area contributed by atoms with Crippen LogP contribution in [0.15, 0.2) is 11.6 Å². The summed E-state index contributed by atoms with van der Waals surface area (Å²) in [7, 11) is 0. The van der Waals surface area contributed by atoms with Gasteiger partial charge in [0.2, 0.25) is 0 Å². The first-order chi connectivity index (χ1) is 9.99. The standard InChI is InChI=1S/C17H30O4/c1-6-9-11-20-16(18)14(8-3)15(13(4)5)17(19)21-12-10-7-2/h8,13,15H,6-7,9-12H2,1-5H3. The Hall–Kier alpha value is -1.32. The van der Waals surface area contributed by atoms with E-state index in [0.717, 1.165) is 25.7 Å². The van der Waals surface area contributed by atoms with Gasteiger partial charge in [-0.25, -0.2) is 4.79 Å². The van der Waals surface area contributed by atoms with E-state index in [9.17, 15) is 9.59 Å². The van der Waals surface area contributed by atoms with Crippen LogP contribution in [0.25, 0.3) is 0 Å². The molecular formula is C17H30O4. The predicted molar refractivity (Wildman–Crippen MR) is 83.8 cm³/mol. The van der Waals surface area contributed by atoms with Crippen LogP contribution in [-0.2, 0) is 19.1 Å². The molecule has 0 saturated heterocycles. The van der Waals surface area contributed by atoms with Crippen molar-refractivity contribution in [2.24, 2.45) is 11.8 Å². The van der Waals surface area contributed by atoms with Crippen molar-refractivity contribution in [3.8, 4) is 0 Å². The third-order valence-electron chi connectivity index (χ3n) is 3.28. The molecule has 0 radical (unpaired) electrons. The maximum atomic E-state index is 12.2. The Morgan fingerprint density at radius 2 is 1.52 bits per heavy atom. The molecule has 122 valence electrons. The van der Waals surface area contributed by atoms with Crippen LogP contribution in [0.4, 0.5) is 0 Å². The number of hydrogen-bond donors (Lipinski definition) is 0. The van der Waals surface area contributed by atoms with Gasteiger partial charge in [0.15, 0.2) is 0 Å². The summed E-state index contributed by atoms with van der Waals surface area (Å²) in [5.74, 6) is -1.30. The topological polar surface area (TPSA) is 52.6 Å². The molecule has 0 N–H and O–H groups in total. The number of hydrogen-bond acceptors (Lipinski definition) is 4. The summed E-state index contributed by atoms with van der Waals surface area (Å²) < 4.78 is 10.5. The van der Waals surface area contributed by atoms with Crippen molar-refractivity contribution in [2.75, 3.05) is 13.2 Å². The molecule has 0 aliphatic carbocycles. The Labute approximate surface area is 128 Å². The molecule has 0 rings (SSSR count). The first-order valence-corrected chi connectivity index (χ1v) is 7.99. The largest absolute Gasteiger partial charge is 0.465 e. The molecule has 4 heteroatoms. The highest BCUT2D eigenvalue weighted by molar-refractivity contribution is 5.95. The summed E-state index contributed by atoms with van der Waals surface area (Å²) in [4.78, 5) is 24.4. The molecule has 4 nitrogen and oxygen atoms in total. The Kier molecular flexibility index (Phi) is 10.6. The molecule has 0 aromatic carbocycles. The summed E-state index contributed by atoms with van der Waals surface area (Å²) in [6.45, 7) is 10.4. The third-order valence-corrected chi connectivity index (χ3v) is 3.28. The van der Waals surface area contributed by atoms with Gasteiger partial charge in [0, 0.05) is 5.57 Å². The Bertz CT molecular complexity index is 345. The SMILES string of the molecule is CC=C(C(=O)OCCCC)C(C(=O)OCCCC)C(C)C. The lowest BCUT2D eigenvalue weighted by atomic mass is 9.88. The van der Waals surface area contributed by atoms with Crippen LogP contribution in [0.2, 0.25) is 0 Å². The van der Waals surface area contributed by atoms with Gasteiger partial charge in [-0.05, 0) is 25.7 Å². The third kappa shape index (κ3) is 7.30. The van der Waals surface area contributed by atoms with Gasteiger partial charge >= 0.3 is 11.9 Å². The van der Waals surface area contributed by atoms with Gasteiger partial charge in [0.1, 0.15) is 0 Å². The fourth-order valence-corrected chi connectivity index (χ4v) is 1.98. The lowest BCUT2D eigenvalue weighted by Gasteiger charge is -2.21. The summed E-state index contributed by atoms with van der Waals surface area (Å²) in [5.41, 5.74) is 0.405. The van der Waals surface area contributed by atoms with E-state index >= 15 is 0 Å². The average Bonchev–Trinajstić information content (AvgIpc) is 2.44. The fraction of sp³-hybridized carbons (Fsp3) is 0.765. The Balaban J connectivity index is 4.80. The molecule has 0 aliphatic rings. The van der Waals surface area contributed by atoms with Gasteiger partial charge in [0.25, 0.3) is 0 Å². The Morgan fingerprint density at radius 1 is 1.00 bits per heavy atom. The molecule has 0 heterocycles. The van der Waals surface area contributed by atoms with Gasteiger partial charge in [0.05, 0.1) is 19.1 Å². The molecule has 0 aliphatic heterocycles. The lowest BCUT2D eigenvalue weighted by Crippen LogP contribution is -2.29. The first-order valence-electron chi connectivity index (χ1n) is 7.99. The summed E-state index contributed by atoms with van der Waals surface area (Å²) in [5, 5.41) is 0. The summed E-state index contributed by atoms with van der Waals surface area (Å²) >= 11 is 0. The van der Waals surface area contributed by atoms with E-state index in [1.54, 1.807) is 13.0 Å². The monoisotopic (exact) mass is 298 g/mol. The minimum atomic E-state index is -0.555.